The number of rotatable bonds is 6. The van der Waals surface area contributed by atoms with Gasteiger partial charge in [-0.3, -0.25) is 9.69 Å². The van der Waals surface area contributed by atoms with Crippen molar-refractivity contribution in [3.63, 3.8) is 0 Å². The number of carbonyl (C=O) groups is 1. The van der Waals surface area contributed by atoms with E-state index in [0.717, 1.165) is 36.6 Å². The molecular formula is C18H26Cl2N4OS. The minimum Gasteiger partial charge on any atom is -0.399 e. The van der Waals surface area contributed by atoms with E-state index in [2.05, 4.69) is 15.2 Å². The first-order chi connectivity index (χ1) is 11.7. The van der Waals surface area contributed by atoms with Crippen LogP contribution in [0, 0.1) is 0 Å². The lowest BCUT2D eigenvalue weighted by Gasteiger charge is -2.25. The highest BCUT2D eigenvalue weighted by molar-refractivity contribution is 7.13. The van der Waals surface area contributed by atoms with Crippen LogP contribution in [0.3, 0.4) is 0 Å². The zero-order chi connectivity index (χ0) is 16.8. The van der Waals surface area contributed by atoms with Gasteiger partial charge in [0, 0.05) is 24.0 Å². The zero-order valence-corrected chi connectivity index (χ0v) is 17.1. The number of nitrogens with zero attached hydrogens (tertiary/aromatic N) is 2. The lowest BCUT2D eigenvalue weighted by atomic mass is 10.1. The van der Waals surface area contributed by atoms with Gasteiger partial charge in [-0.25, -0.2) is 4.98 Å². The second kappa shape index (κ2) is 11.4. The molecule has 1 aliphatic rings. The molecule has 0 atom stereocenters. The average molecular weight is 417 g/mol. The number of benzene rings is 1. The smallest absolute Gasteiger partial charge is 0.226 e. The van der Waals surface area contributed by atoms with Crippen molar-refractivity contribution in [3.05, 3.63) is 40.9 Å². The number of carbonyl (C=O) groups excluding carboxylic acids is 1. The van der Waals surface area contributed by atoms with E-state index in [1.807, 2.05) is 29.6 Å². The standard InChI is InChI=1S/C18H24N4OS.2ClH/c19-16-7-3-2-6-14(16)8-9-17(23)21-18-20-15(13-24-18)12-22-10-4-1-5-11-22;;/h2-3,6-7,13H,1,4-5,8-12,19H2,(H,20,21,23);2*1H. The number of piperidine rings is 1. The molecule has 3 rings (SSSR count). The molecule has 0 aliphatic carbocycles. The maximum atomic E-state index is 12.1. The summed E-state index contributed by atoms with van der Waals surface area (Å²) in [6, 6.07) is 7.67. The molecule has 1 saturated heterocycles. The van der Waals surface area contributed by atoms with E-state index < -0.39 is 0 Å². The second-order valence-electron chi connectivity index (χ2n) is 6.23. The Morgan fingerprint density at radius 3 is 2.65 bits per heavy atom. The lowest BCUT2D eigenvalue weighted by Crippen LogP contribution is -2.29. The van der Waals surface area contributed by atoms with Crippen LogP contribution < -0.4 is 11.1 Å². The molecule has 0 saturated carbocycles. The Morgan fingerprint density at radius 1 is 1.19 bits per heavy atom. The summed E-state index contributed by atoms with van der Waals surface area (Å²) in [6.07, 6.45) is 4.94. The number of hydrogen-bond acceptors (Lipinski definition) is 5. The van der Waals surface area contributed by atoms with E-state index in [9.17, 15) is 4.79 Å². The number of amides is 1. The highest BCUT2D eigenvalue weighted by atomic mass is 35.5. The molecule has 0 radical (unpaired) electrons. The first-order valence-corrected chi connectivity index (χ1v) is 9.38. The van der Waals surface area contributed by atoms with E-state index in [1.165, 1.54) is 30.6 Å². The van der Waals surface area contributed by atoms with Crippen molar-refractivity contribution in [1.82, 2.24) is 9.88 Å². The molecule has 0 spiro atoms. The molecular weight excluding hydrogens is 391 g/mol. The average Bonchev–Trinajstić information content (AvgIpc) is 3.02. The summed E-state index contributed by atoms with van der Waals surface area (Å²) in [5.74, 6) is -0.0166. The van der Waals surface area contributed by atoms with Gasteiger partial charge in [-0.15, -0.1) is 36.2 Å². The van der Waals surface area contributed by atoms with Crippen molar-refractivity contribution in [2.45, 2.75) is 38.6 Å². The van der Waals surface area contributed by atoms with Gasteiger partial charge in [0.05, 0.1) is 5.69 Å². The zero-order valence-electron chi connectivity index (χ0n) is 14.6. The molecule has 1 fully saturated rings. The highest BCUT2D eigenvalue weighted by Crippen LogP contribution is 2.19. The number of para-hydroxylation sites is 1. The minimum atomic E-state index is -0.0166. The van der Waals surface area contributed by atoms with Crippen molar-refractivity contribution in [2.75, 3.05) is 24.1 Å². The normalized spacial score (nSPS) is 14.2. The fourth-order valence-corrected chi connectivity index (χ4v) is 3.69. The largest absolute Gasteiger partial charge is 0.399 e. The summed E-state index contributed by atoms with van der Waals surface area (Å²) >= 11 is 1.50. The Bertz CT molecular complexity index is 689. The lowest BCUT2D eigenvalue weighted by molar-refractivity contribution is -0.116. The SMILES string of the molecule is Cl.Cl.Nc1ccccc1CCC(=O)Nc1nc(CN2CCCCC2)cs1. The Kier molecular flexibility index (Phi) is 9.94. The van der Waals surface area contributed by atoms with Crippen molar-refractivity contribution in [2.24, 2.45) is 0 Å². The van der Waals surface area contributed by atoms with Crippen LogP contribution in [0.15, 0.2) is 29.6 Å². The molecule has 1 aromatic heterocycles. The molecule has 3 N–H and O–H groups in total. The van der Waals surface area contributed by atoms with Crippen LogP contribution in [0.25, 0.3) is 0 Å². The minimum absolute atomic E-state index is 0. The van der Waals surface area contributed by atoms with Crippen LogP contribution in [0.1, 0.15) is 36.9 Å². The van der Waals surface area contributed by atoms with E-state index in [0.29, 0.717) is 18.0 Å². The number of likely N-dealkylation sites (tertiary alicyclic amines) is 1. The van der Waals surface area contributed by atoms with E-state index in [1.54, 1.807) is 0 Å². The van der Waals surface area contributed by atoms with Gasteiger partial charge in [0.2, 0.25) is 5.91 Å². The molecule has 1 aliphatic heterocycles. The third kappa shape index (κ3) is 6.76. The second-order valence-corrected chi connectivity index (χ2v) is 7.09. The van der Waals surface area contributed by atoms with Crippen LogP contribution in [0.2, 0.25) is 0 Å². The predicted molar refractivity (Wildman–Crippen MR) is 114 cm³/mol. The number of aromatic nitrogens is 1. The van der Waals surface area contributed by atoms with E-state index in [-0.39, 0.29) is 30.7 Å². The molecule has 2 aromatic rings. The number of nitrogens with one attached hydrogen (secondary N) is 1. The number of halogens is 2. The van der Waals surface area contributed by atoms with Gasteiger partial charge in [0.25, 0.3) is 0 Å². The third-order valence-electron chi connectivity index (χ3n) is 4.31. The highest BCUT2D eigenvalue weighted by Gasteiger charge is 2.13. The first kappa shape index (κ1) is 22.7. The van der Waals surface area contributed by atoms with Crippen LogP contribution in [-0.4, -0.2) is 28.9 Å². The Balaban J connectivity index is 0.00000169. The number of nitrogens with two attached hydrogens (primary N) is 1. The number of anilines is 2. The van der Waals surface area contributed by atoms with Gasteiger partial charge in [0.1, 0.15) is 0 Å². The summed E-state index contributed by atoms with van der Waals surface area (Å²) < 4.78 is 0. The van der Waals surface area contributed by atoms with Crippen LogP contribution in [0.4, 0.5) is 10.8 Å². The molecule has 26 heavy (non-hydrogen) atoms. The Labute approximate surface area is 171 Å². The van der Waals surface area contributed by atoms with Crippen LogP contribution in [-0.2, 0) is 17.8 Å². The van der Waals surface area contributed by atoms with Gasteiger partial charge < -0.3 is 11.1 Å². The third-order valence-corrected chi connectivity index (χ3v) is 5.12. The van der Waals surface area contributed by atoms with Crippen molar-refractivity contribution < 1.29 is 4.79 Å². The monoisotopic (exact) mass is 416 g/mol. The summed E-state index contributed by atoms with van der Waals surface area (Å²) in [5, 5.41) is 5.63. The van der Waals surface area contributed by atoms with Crippen molar-refractivity contribution >= 4 is 52.9 Å². The number of nitrogen functional groups attached to an aromatic ring is 1. The molecule has 1 aromatic carbocycles. The number of thiazole rings is 1. The molecule has 144 valence electrons. The Hall–Kier alpha value is -1.34. The van der Waals surface area contributed by atoms with Crippen molar-refractivity contribution in [3.8, 4) is 0 Å². The fraction of sp³-hybridized carbons (Fsp3) is 0.444. The number of aryl methyl sites for hydroxylation is 1. The molecule has 0 bridgehead atoms. The Morgan fingerprint density at radius 2 is 1.92 bits per heavy atom. The number of hydrogen-bond donors (Lipinski definition) is 2. The van der Waals surface area contributed by atoms with Crippen molar-refractivity contribution in [1.29, 1.82) is 0 Å². The van der Waals surface area contributed by atoms with Crippen LogP contribution >= 0.6 is 36.2 Å². The maximum absolute atomic E-state index is 12.1. The van der Waals surface area contributed by atoms with Crippen LogP contribution in [0.5, 0.6) is 0 Å². The fourth-order valence-electron chi connectivity index (χ4n) is 2.98. The van der Waals surface area contributed by atoms with Gasteiger partial charge in [-0.2, -0.15) is 0 Å². The van der Waals surface area contributed by atoms with E-state index >= 15 is 0 Å². The molecule has 2 heterocycles. The summed E-state index contributed by atoms with van der Waals surface area (Å²) in [5.41, 5.74) is 8.70. The van der Waals surface area contributed by atoms with Gasteiger partial charge in [-0.1, -0.05) is 24.6 Å². The van der Waals surface area contributed by atoms with Gasteiger partial charge in [-0.05, 0) is 44.0 Å². The molecule has 1 amide bonds. The predicted octanol–water partition coefficient (Wildman–Crippen LogP) is 4.13. The topological polar surface area (TPSA) is 71.2 Å². The summed E-state index contributed by atoms with van der Waals surface area (Å²) in [4.78, 5) is 19.1. The molecule has 8 heteroatoms. The molecule has 5 nitrogen and oxygen atoms in total. The van der Waals surface area contributed by atoms with Gasteiger partial charge in [0.15, 0.2) is 5.13 Å². The quantitative estimate of drug-likeness (QED) is 0.694. The first-order valence-electron chi connectivity index (χ1n) is 8.51. The van der Waals surface area contributed by atoms with E-state index in [4.69, 9.17) is 5.73 Å². The molecule has 0 unspecified atom stereocenters. The summed E-state index contributed by atoms with van der Waals surface area (Å²) in [7, 11) is 0. The van der Waals surface area contributed by atoms with Gasteiger partial charge >= 0.3 is 0 Å². The summed E-state index contributed by atoms with van der Waals surface area (Å²) in [6.45, 7) is 3.18. The maximum Gasteiger partial charge on any atom is 0.226 e.